The minimum atomic E-state index is -0.329. The predicted octanol–water partition coefficient (Wildman–Crippen LogP) is 0.736. The van der Waals surface area contributed by atoms with Gasteiger partial charge in [0.2, 0.25) is 5.96 Å². The van der Waals surface area contributed by atoms with Gasteiger partial charge in [0.1, 0.15) is 17.2 Å². The molecule has 0 unspecified atom stereocenters. The summed E-state index contributed by atoms with van der Waals surface area (Å²) in [6.07, 6.45) is 1.58. The highest BCUT2D eigenvalue weighted by atomic mass is 16.4. The predicted molar refractivity (Wildman–Crippen MR) is 56.5 cm³/mol. The maximum absolute atomic E-state index is 11.5. The summed E-state index contributed by atoms with van der Waals surface area (Å²) in [5.41, 5.74) is 0.363. The second-order valence-electron chi connectivity index (χ2n) is 3.41. The topological polar surface area (TPSA) is 78.1 Å². The van der Waals surface area contributed by atoms with E-state index >= 15 is 0 Å². The minimum Gasteiger partial charge on any atom is -0.462 e. The van der Waals surface area contributed by atoms with Crippen molar-refractivity contribution < 1.29 is 14.4 Å². The fourth-order valence-electron chi connectivity index (χ4n) is 1.44. The molecule has 6 heteroatoms. The maximum atomic E-state index is 11.5. The first-order chi connectivity index (χ1) is 7.61. The molecule has 0 aliphatic carbocycles. The van der Waals surface area contributed by atoms with E-state index in [9.17, 15) is 4.79 Å². The highest BCUT2D eigenvalue weighted by Crippen LogP contribution is 2.16. The molecule has 1 saturated heterocycles. The molecule has 0 radical (unpaired) electrons. The van der Waals surface area contributed by atoms with Gasteiger partial charge in [-0.3, -0.25) is 10.1 Å². The molecular formula is C10H11N3O3. The fourth-order valence-corrected chi connectivity index (χ4v) is 1.44. The van der Waals surface area contributed by atoms with Crippen molar-refractivity contribution >= 4 is 17.9 Å². The van der Waals surface area contributed by atoms with Gasteiger partial charge in [-0.25, -0.2) is 0 Å². The summed E-state index contributed by atoms with van der Waals surface area (Å²) in [7, 11) is 1.62. The van der Waals surface area contributed by atoms with Crippen LogP contribution in [0, 0.1) is 6.92 Å². The molecule has 1 aromatic heterocycles. The molecule has 2 heterocycles. The number of likely N-dealkylation sites (N-methyl/N-ethyl adjacent to an activating group) is 1. The molecule has 0 spiro atoms. The van der Waals surface area contributed by atoms with Crippen molar-refractivity contribution in [2.75, 3.05) is 7.05 Å². The van der Waals surface area contributed by atoms with E-state index in [0.717, 1.165) is 5.76 Å². The van der Waals surface area contributed by atoms with Gasteiger partial charge in [-0.15, -0.1) is 0 Å². The van der Waals surface area contributed by atoms with E-state index in [4.69, 9.17) is 9.62 Å². The number of hydrogen-bond donors (Lipinski definition) is 2. The standard InChI is InChI=1S/C10H11N3O3/c1-6-3-4-7(16-6)5-8-9(14)11-10(12-15)13(8)2/h3-5,15H,1-2H3,(H,11,12,14)/b8-5-. The first-order valence-corrected chi connectivity index (χ1v) is 4.67. The average molecular weight is 221 g/mol. The Morgan fingerprint density at radius 1 is 1.56 bits per heavy atom. The molecule has 2 N–H and O–H groups in total. The van der Waals surface area contributed by atoms with Crippen LogP contribution in [0.5, 0.6) is 0 Å². The number of rotatable bonds is 1. The summed E-state index contributed by atoms with van der Waals surface area (Å²) in [5.74, 6) is 1.11. The van der Waals surface area contributed by atoms with Crippen molar-refractivity contribution in [3.8, 4) is 0 Å². The molecule has 16 heavy (non-hydrogen) atoms. The van der Waals surface area contributed by atoms with Gasteiger partial charge < -0.3 is 14.5 Å². The van der Waals surface area contributed by atoms with Crippen LogP contribution in [0.2, 0.25) is 0 Å². The Morgan fingerprint density at radius 3 is 2.81 bits per heavy atom. The zero-order valence-electron chi connectivity index (χ0n) is 8.89. The first kappa shape index (κ1) is 10.3. The molecule has 0 aromatic carbocycles. The third-order valence-electron chi connectivity index (χ3n) is 2.27. The van der Waals surface area contributed by atoms with E-state index in [1.807, 2.05) is 6.92 Å². The first-order valence-electron chi connectivity index (χ1n) is 4.67. The number of hydrogen-bond acceptors (Lipinski definition) is 4. The average Bonchev–Trinajstić information content (AvgIpc) is 2.77. The molecule has 1 amide bonds. The van der Waals surface area contributed by atoms with Gasteiger partial charge in [0.15, 0.2) is 0 Å². The summed E-state index contributed by atoms with van der Waals surface area (Å²) in [6.45, 7) is 1.82. The van der Waals surface area contributed by atoms with Crippen LogP contribution in [0.15, 0.2) is 27.4 Å². The van der Waals surface area contributed by atoms with Crippen molar-refractivity contribution in [3.63, 3.8) is 0 Å². The SMILES string of the molecule is Cc1ccc(/C=C2/C(=O)N/C(=N\O)N2C)o1. The fraction of sp³-hybridized carbons (Fsp3) is 0.200. The zero-order valence-corrected chi connectivity index (χ0v) is 8.89. The van der Waals surface area contributed by atoms with Gasteiger partial charge in [-0.05, 0) is 19.1 Å². The van der Waals surface area contributed by atoms with Crippen molar-refractivity contribution in [1.82, 2.24) is 10.2 Å². The van der Waals surface area contributed by atoms with E-state index < -0.39 is 0 Å². The third-order valence-corrected chi connectivity index (χ3v) is 2.27. The molecule has 0 saturated carbocycles. The molecule has 1 aromatic rings. The van der Waals surface area contributed by atoms with Crippen molar-refractivity contribution in [3.05, 3.63) is 29.4 Å². The smallest absolute Gasteiger partial charge is 0.274 e. The minimum absolute atomic E-state index is 0.0968. The molecular weight excluding hydrogens is 210 g/mol. The highest BCUT2D eigenvalue weighted by molar-refractivity contribution is 6.15. The van der Waals surface area contributed by atoms with Crippen molar-refractivity contribution in [2.45, 2.75) is 6.92 Å². The lowest BCUT2D eigenvalue weighted by Crippen LogP contribution is -2.26. The Bertz CT molecular complexity index is 487. The van der Waals surface area contributed by atoms with Crippen LogP contribution in [-0.2, 0) is 4.79 Å². The number of oxime groups is 1. The van der Waals surface area contributed by atoms with E-state index in [1.54, 1.807) is 25.3 Å². The Hall–Kier alpha value is -2.24. The lowest BCUT2D eigenvalue weighted by molar-refractivity contribution is -0.115. The highest BCUT2D eigenvalue weighted by Gasteiger charge is 2.28. The number of furan rings is 1. The molecule has 0 bridgehead atoms. The van der Waals surface area contributed by atoms with Gasteiger partial charge in [0, 0.05) is 13.1 Å². The summed E-state index contributed by atoms with van der Waals surface area (Å²) in [4.78, 5) is 13.0. The molecule has 1 aliphatic heterocycles. The Labute approximate surface area is 91.8 Å². The van der Waals surface area contributed by atoms with Crippen molar-refractivity contribution in [2.24, 2.45) is 5.16 Å². The van der Waals surface area contributed by atoms with E-state index in [-0.39, 0.29) is 11.9 Å². The van der Waals surface area contributed by atoms with Gasteiger partial charge in [0.25, 0.3) is 5.91 Å². The van der Waals surface area contributed by atoms with Gasteiger partial charge in [-0.1, -0.05) is 5.16 Å². The molecule has 2 rings (SSSR count). The summed E-state index contributed by atoms with van der Waals surface area (Å²) in [5, 5.41) is 14.0. The molecule has 1 aliphatic rings. The Balaban J connectivity index is 2.34. The van der Waals surface area contributed by atoms with Crippen LogP contribution < -0.4 is 5.32 Å². The number of nitrogens with one attached hydrogen (secondary N) is 1. The second kappa shape index (κ2) is 3.73. The molecule has 84 valence electrons. The zero-order chi connectivity index (χ0) is 11.7. The van der Waals surface area contributed by atoms with Crippen LogP contribution >= 0.6 is 0 Å². The van der Waals surface area contributed by atoms with Gasteiger partial charge in [0.05, 0.1) is 0 Å². The quantitative estimate of drug-likeness (QED) is 0.416. The lowest BCUT2D eigenvalue weighted by Gasteiger charge is -2.08. The van der Waals surface area contributed by atoms with Crippen molar-refractivity contribution in [1.29, 1.82) is 0 Å². The normalized spacial score (nSPS) is 20.9. The van der Waals surface area contributed by atoms with E-state index in [0.29, 0.717) is 11.5 Å². The maximum Gasteiger partial charge on any atom is 0.274 e. The van der Waals surface area contributed by atoms with Crippen LogP contribution in [0.4, 0.5) is 0 Å². The third kappa shape index (κ3) is 1.65. The van der Waals surface area contributed by atoms with Crippen LogP contribution in [0.1, 0.15) is 11.5 Å². The lowest BCUT2D eigenvalue weighted by atomic mass is 10.3. The van der Waals surface area contributed by atoms with Gasteiger partial charge >= 0.3 is 0 Å². The Kier molecular flexibility index (Phi) is 2.40. The Morgan fingerprint density at radius 2 is 2.31 bits per heavy atom. The van der Waals surface area contributed by atoms with Crippen LogP contribution in [0.3, 0.4) is 0 Å². The largest absolute Gasteiger partial charge is 0.462 e. The monoisotopic (exact) mass is 221 g/mol. The number of aryl methyl sites for hydroxylation is 1. The van der Waals surface area contributed by atoms with Crippen LogP contribution in [0.25, 0.3) is 6.08 Å². The van der Waals surface area contributed by atoms with Crippen LogP contribution in [-0.4, -0.2) is 29.0 Å². The number of nitrogens with zero attached hydrogens (tertiary/aromatic N) is 2. The molecule has 6 nitrogen and oxygen atoms in total. The molecule has 0 atom stereocenters. The second-order valence-corrected chi connectivity index (χ2v) is 3.41. The van der Waals surface area contributed by atoms with Gasteiger partial charge in [-0.2, -0.15) is 0 Å². The summed E-state index contributed by atoms with van der Waals surface area (Å²) < 4.78 is 5.33. The summed E-state index contributed by atoms with van der Waals surface area (Å²) >= 11 is 0. The number of carbonyl (C=O) groups excluding carboxylic acids is 1. The number of amides is 1. The number of carbonyl (C=O) groups is 1. The summed E-state index contributed by atoms with van der Waals surface area (Å²) in [6, 6.07) is 3.57. The molecule has 1 fully saturated rings. The van der Waals surface area contributed by atoms with E-state index in [1.165, 1.54) is 4.90 Å². The number of guanidine groups is 1. The van der Waals surface area contributed by atoms with E-state index in [2.05, 4.69) is 10.5 Å².